The molecule has 1 aromatic carbocycles. The molecule has 3 N–H and O–H groups in total. The molecule has 0 fully saturated rings. The molecule has 0 saturated carbocycles. The number of ether oxygens (including phenoxy) is 2. The van der Waals surface area contributed by atoms with Gasteiger partial charge >= 0.3 is 0 Å². The minimum atomic E-state index is -0.127. The van der Waals surface area contributed by atoms with Crippen LogP contribution in [0, 0.1) is 6.92 Å². The van der Waals surface area contributed by atoms with Crippen LogP contribution in [0.4, 0.5) is 11.5 Å². The second kappa shape index (κ2) is 15.4. The van der Waals surface area contributed by atoms with Crippen LogP contribution >= 0.6 is 24.0 Å². The smallest absolute Gasteiger partial charge is 0.227 e. The Morgan fingerprint density at radius 2 is 2.00 bits per heavy atom. The highest BCUT2D eigenvalue weighted by Crippen LogP contribution is 2.17. The third kappa shape index (κ3) is 11.0. The van der Waals surface area contributed by atoms with Gasteiger partial charge in [0.1, 0.15) is 11.6 Å². The first-order chi connectivity index (χ1) is 14.6. The van der Waals surface area contributed by atoms with E-state index < -0.39 is 0 Å². The van der Waals surface area contributed by atoms with Gasteiger partial charge in [-0.3, -0.25) is 9.79 Å². The number of carbonyl (C=O) groups is 1. The van der Waals surface area contributed by atoms with Crippen LogP contribution < -0.4 is 20.7 Å². The van der Waals surface area contributed by atoms with Crippen molar-refractivity contribution in [3.05, 3.63) is 48.2 Å². The number of nitrogens with zero attached hydrogens (tertiary/aromatic N) is 2. The van der Waals surface area contributed by atoms with E-state index in [2.05, 4.69) is 25.9 Å². The van der Waals surface area contributed by atoms with Crippen molar-refractivity contribution in [3.63, 3.8) is 0 Å². The number of guanidine groups is 1. The van der Waals surface area contributed by atoms with E-state index >= 15 is 0 Å². The number of hydrogen-bond donors (Lipinski definition) is 3. The number of hydrogen-bond acceptors (Lipinski definition) is 5. The Kier molecular flexibility index (Phi) is 13.2. The van der Waals surface area contributed by atoms with Crippen molar-refractivity contribution in [2.24, 2.45) is 4.99 Å². The van der Waals surface area contributed by atoms with Gasteiger partial charge in [-0.2, -0.15) is 0 Å². The van der Waals surface area contributed by atoms with Gasteiger partial charge in [-0.15, -0.1) is 24.0 Å². The lowest BCUT2D eigenvalue weighted by Crippen LogP contribution is -2.31. The van der Waals surface area contributed by atoms with Crippen molar-refractivity contribution < 1.29 is 14.3 Å². The van der Waals surface area contributed by atoms with Gasteiger partial charge in [0.25, 0.3) is 0 Å². The van der Waals surface area contributed by atoms with Crippen LogP contribution in [0.2, 0.25) is 0 Å². The quantitative estimate of drug-likeness (QED) is 0.173. The van der Waals surface area contributed by atoms with Crippen molar-refractivity contribution in [2.75, 3.05) is 44.0 Å². The second-order valence-corrected chi connectivity index (χ2v) is 6.63. The summed E-state index contributed by atoms with van der Waals surface area (Å²) in [6, 6.07) is 11.4. The molecule has 170 valence electrons. The fourth-order valence-electron chi connectivity index (χ4n) is 2.52. The molecule has 0 bridgehead atoms. The average molecular weight is 541 g/mol. The van der Waals surface area contributed by atoms with Crippen LogP contribution in [0.3, 0.4) is 0 Å². The molecular weight excluding hydrogens is 509 g/mol. The molecule has 8 nitrogen and oxygen atoms in total. The summed E-state index contributed by atoms with van der Waals surface area (Å²) in [6.45, 7) is 6.26. The van der Waals surface area contributed by atoms with Gasteiger partial charge in [-0.1, -0.05) is 12.1 Å². The number of aliphatic imine (C=N–C) groups is 1. The number of carbonyl (C=O) groups excluding carboxylic acids is 1. The van der Waals surface area contributed by atoms with Crippen LogP contribution in [0.15, 0.2) is 47.6 Å². The number of aromatic nitrogens is 1. The maximum atomic E-state index is 12.1. The van der Waals surface area contributed by atoms with E-state index in [0.29, 0.717) is 38.1 Å². The van der Waals surface area contributed by atoms with Gasteiger partial charge in [0.15, 0.2) is 5.96 Å². The molecule has 31 heavy (non-hydrogen) atoms. The van der Waals surface area contributed by atoms with Crippen molar-refractivity contribution >= 4 is 47.3 Å². The molecule has 0 saturated heterocycles. The van der Waals surface area contributed by atoms with Crippen molar-refractivity contribution in [3.8, 4) is 5.75 Å². The highest BCUT2D eigenvalue weighted by molar-refractivity contribution is 14.0. The van der Waals surface area contributed by atoms with Gasteiger partial charge in [0.2, 0.25) is 5.91 Å². The molecule has 1 heterocycles. The molecule has 0 aliphatic heterocycles. The van der Waals surface area contributed by atoms with E-state index in [1.807, 2.05) is 44.2 Å². The predicted molar refractivity (Wildman–Crippen MR) is 136 cm³/mol. The summed E-state index contributed by atoms with van der Waals surface area (Å²) in [5.41, 5.74) is 1.90. The summed E-state index contributed by atoms with van der Waals surface area (Å²) >= 11 is 0. The Bertz CT molecular complexity index is 815. The van der Waals surface area contributed by atoms with E-state index in [-0.39, 0.29) is 36.3 Å². The highest BCUT2D eigenvalue weighted by atomic mass is 127. The Hall–Kier alpha value is -2.40. The zero-order valence-electron chi connectivity index (χ0n) is 18.3. The highest BCUT2D eigenvalue weighted by Gasteiger charge is 2.05. The number of aryl methyl sites for hydroxylation is 1. The number of benzene rings is 1. The lowest BCUT2D eigenvalue weighted by molar-refractivity contribution is -0.116. The van der Waals surface area contributed by atoms with Crippen molar-refractivity contribution in [1.29, 1.82) is 0 Å². The molecule has 0 radical (unpaired) electrons. The monoisotopic (exact) mass is 541 g/mol. The summed E-state index contributed by atoms with van der Waals surface area (Å²) < 4.78 is 10.8. The topological polar surface area (TPSA) is 96.9 Å². The second-order valence-electron chi connectivity index (χ2n) is 6.63. The van der Waals surface area contributed by atoms with E-state index in [1.54, 1.807) is 19.4 Å². The van der Waals surface area contributed by atoms with Crippen molar-refractivity contribution in [2.45, 2.75) is 26.7 Å². The zero-order chi connectivity index (χ0) is 21.6. The molecule has 0 unspecified atom stereocenters. The average Bonchev–Trinajstić information content (AvgIpc) is 2.73. The van der Waals surface area contributed by atoms with E-state index in [4.69, 9.17) is 9.47 Å². The molecule has 0 aliphatic rings. The first-order valence-corrected chi connectivity index (χ1v) is 10.1. The number of nitrogens with one attached hydrogen (secondary N) is 3. The van der Waals surface area contributed by atoms with Gasteiger partial charge in [-0.25, -0.2) is 4.98 Å². The lowest BCUT2D eigenvalue weighted by atomic mass is 10.3. The zero-order valence-corrected chi connectivity index (χ0v) is 20.6. The minimum Gasteiger partial charge on any atom is -0.493 e. The minimum absolute atomic E-state index is 0. The third-order valence-electron chi connectivity index (χ3n) is 3.99. The Morgan fingerprint density at radius 1 is 1.16 bits per heavy atom. The number of halogens is 1. The molecule has 2 aromatic rings. The maximum Gasteiger partial charge on any atom is 0.227 e. The fraction of sp³-hybridized carbons (Fsp3) is 0.409. The summed E-state index contributed by atoms with van der Waals surface area (Å²) in [5.74, 6) is 1.80. The fourth-order valence-corrected chi connectivity index (χ4v) is 2.52. The van der Waals surface area contributed by atoms with Crippen LogP contribution in [-0.4, -0.2) is 50.3 Å². The number of anilines is 2. The lowest BCUT2D eigenvalue weighted by Gasteiger charge is -2.13. The molecule has 9 heteroatoms. The molecule has 2 rings (SSSR count). The van der Waals surface area contributed by atoms with Crippen molar-refractivity contribution in [1.82, 2.24) is 10.3 Å². The number of amides is 1. The summed E-state index contributed by atoms with van der Waals surface area (Å²) in [7, 11) is 1.68. The number of rotatable bonds is 11. The standard InChI is InChI=1S/C22H31N5O3.HI/c1-4-23-22(24-12-11-21(28)27-20-10-9-17(2)16-25-20)26-18-7-5-8-19(15-18)30-14-6-13-29-3;/h5,7-10,15-16H,4,6,11-14H2,1-3H3,(H2,23,24,26)(H,25,27,28);1H. The van der Waals surface area contributed by atoms with Gasteiger partial charge < -0.3 is 25.4 Å². The van der Waals surface area contributed by atoms with Crippen LogP contribution in [0.1, 0.15) is 25.3 Å². The summed E-state index contributed by atoms with van der Waals surface area (Å²) in [5, 5.41) is 9.19. The molecule has 0 spiro atoms. The van der Waals surface area contributed by atoms with Gasteiger partial charge in [0, 0.05) is 51.1 Å². The van der Waals surface area contributed by atoms with E-state index in [1.165, 1.54) is 0 Å². The van der Waals surface area contributed by atoms with Gasteiger partial charge in [0.05, 0.1) is 13.2 Å². The largest absolute Gasteiger partial charge is 0.493 e. The van der Waals surface area contributed by atoms with Crippen LogP contribution in [0.5, 0.6) is 5.75 Å². The van der Waals surface area contributed by atoms with Crippen LogP contribution in [-0.2, 0) is 9.53 Å². The maximum absolute atomic E-state index is 12.1. The number of pyridine rings is 1. The first kappa shape index (κ1) is 26.6. The molecular formula is C22H32IN5O3. The Morgan fingerprint density at radius 3 is 2.71 bits per heavy atom. The molecule has 0 atom stereocenters. The van der Waals surface area contributed by atoms with E-state index in [9.17, 15) is 4.79 Å². The van der Waals surface area contributed by atoms with E-state index in [0.717, 1.165) is 23.4 Å². The molecule has 0 aliphatic carbocycles. The molecule has 1 amide bonds. The number of methoxy groups -OCH3 is 1. The normalized spacial score (nSPS) is 10.7. The van der Waals surface area contributed by atoms with Crippen LogP contribution in [0.25, 0.3) is 0 Å². The third-order valence-corrected chi connectivity index (χ3v) is 3.99. The summed E-state index contributed by atoms with van der Waals surface area (Å²) in [4.78, 5) is 20.8. The van der Waals surface area contributed by atoms with Gasteiger partial charge in [-0.05, 0) is 37.6 Å². The SMILES string of the molecule is CCNC(=NCCC(=O)Nc1ccc(C)cn1)Nc1cccc(OCCCOC)c1.I. The Balaban J connectivity index is 0.00000480. The molecule has 1 aromatic heterocycles. The Labute approximate surface area is 201 Å². The summed E-state index contributed by atoms with van der Waals surface area (Å²) in [6.07, 6.45) is 2.81. The first-order valence-electron chi connectivity index (χ1n) is 10.1. The predicted octanol–water partition coefficient (Wildman–Crippen LogP) is 3.83.